The van der Waals surface area contributed by atoms with Crippen molar-refractivity contribution in [3.8, 4) is 11.1 Å². The first kappa shape index (κ1) is 19.3. The molecule has 1 aromatic heterocycles. The van der Waals surface area contributed by atoms with Gasteiger partial charge >= 0.3 is 0 Å². The molecule has 0 bridgehead atoms. The van der Waals surface area contributed by atoms with E-state index in [2.05, 4.69) is 10.4 Å². The van der Waals surface area contributed by atoms with Crippen molar-refractivity contribution in [3.63, 3.8) is 0 Å². The van der Waals surface area contributed by atoms with Gasteiger partial charge in [-0.25, -0.2) is 8.78 Å². The van der Waals surface area contributed by atoms with Crippen LogP contribution in [0.25, 0.3) is 22.0 Å². The standard InChI is InChI=1S/C19H18F2N4O.ClH/c1-24-17-10-12(2-3-13(17)11-23-24)14-8-15(20)18(16(21)9-14)19(26)25-6-4-22-5-7-25;/h2-3,8-11,22H,4-7H2,1H3;1H. The highest BCUT2D eigenvalue weighted by Crippen LogP contribution is 2.28. The summed E-state index contributed by atoms with van der Waals surface area (Å²) >= 11 is 0. The fourth-order valence-corrected chi connectivity index (χ4v) is 3.29. The highest BCUT2D eigenvalue weighted by molar-refractivity contribution is 5.95. The van der Waals surface area contributed by atoms with Gasteiger partial charge in [-0.15, -0.1) is 12.4 Å². The quantitative estimate of drug-likeness (QED) is 0.729. The van der Waals surface area contributed by atoms with Crippen molar-refractivity contribution in [1.29, 1.82) is 0 Å². The lowest BCUT2D eigenvalue weighted by atomic mass is 10.0. The molecule has 3 aromatic rings. The number of amides is 1. The molecule has 4 rings (SSSR count). The monoisotopic (exact) mass is 392 g/mol. The first-order chi connectivity index (χ1) is 12.5. The van der Waals surface area contributed by atoms with Crippen LogP contribution < -0.4 is 5.32 Å². The van der Waals surface area contributed by atoms with E-state index < -0.39 is 23.1 Å². The molecule has 5 nitrogen and oxygen atoms in total. The highest BCUT2D eigenvalue weighted by atomic mass is 35.5. The van der Waals surface area contributed by atoms with Crippen LogP contribution in [0.15, 0.2) is 36.5 Å². The summed E-state index contributed by atoms with van der Waals surface area (Å²) in [7, 11) is 1.81. The van der Waals surface area contributed by atoms with Gasteiger partial charge in [0.25, 0.3) is 5.91 Å². The third-order valence-corrected chi connectivity index (χ3v) is 4.74. The number of halogens is 3. The molecular weight excluding hydrogens is 374 g/mol. The lowest BCUT2D eigenvalue weighted by Crippen LogP contribution is -2.46. The summed E-state index contributed by atoms with van der Waals surface area (Å²) in [5, 5.41) is 8.22. The summed E-state index contributed by atoms with van der Waals surface area (Å²) < 4.78 is 30.9. The Kier molecular flexibility index (Phi) is 5.43. The van der Waals surface area contributed by atoms with E-state index in [1.807, 2.05) is 19.2 Å². The van der Waals surface area contributed by atoms with E-state index >= 15 is 0 Å². The van der Waals surface area contributed by atoms with Crippen LogP contribution in [0.3, 0.4) is 0 Å². The van der Waals surface area contributed by atoms with E-state index in [0.29, 0.717) is 37.3 Å². The third-order valence-electron chi connectivity index (χ3n) is 4.74. The van der Waals surface area contributed by atoms with Crippen LogP contribution in [0.4, 0.5) is 8.78 Å². The average molecular weight is 393 g/mol. The van der Waals surface area contributed by atoms with Gasteiger partial charge in [0.05, 0.1) is 11.7 Å². The number of hydrogen-bond acceptors (Lipinski definition) is 3. The van der Waals surface area contributed by atoms with E-state index in [0.717, 1.165) is 10.9 Å². The van der Waals surface area contributed by atoms with Gasteiger partial charge in [0.2, 0.25) is 0 Å². The van der Waals surface area contributed by atoms with Gasteiger partial charge in [0.15, 0.2) is 0 Å². The summed E-state index contributed by atoms with van der Waals surface area (Å²) in [6, 6.07) is 7.91. The zero-order valence-corrected chi connectivity index (χ0v) is 15.5. The average Bonchev–Trinajstić information content (AvgIpc) is 3.02. The van der Waals surface area contributed by atoms with Crippen LogP contribution in [0.5, 0.6) is 0 Å². The fraction of sp³-hybridized carbons (Fsp3) is 0.263. The second-order valence-electron chi connectivity index (χ2n) is 6.40. The summed E-state index contributed by atoms with van der Waals surface area (Å²) in [6.45, 7) is 2.13. The summed E-state index contributed by atoms with van der Waals surface area (Å²) in [5.74, 6) is -2.28. The summed E-state index contributed by atoms with van der Waals surface area (Å²) in [6.07, 6.45) is 1.73. The summed E-state index contributed by atoms with van der Waals surface area (Å²) in [5.41, 5.74) is 1.43. The number of aryl methyl sites for hydroxylation is 1. The van der Waals surface area contributed by atoms with Crippen molar-refractivity contribution in [1.82, 2.24) is 20.0 Å². The van der Waals surface area contributed by atoms with E-state index in [9.17, 15) is 13.6 Å². The maximum Gasteiger partial charge on any atom is 0.259 e. The van der Waals surface area contributed by atoms with Gasteiger partial charge in [-0.05, 0) is 29.3 Å². The van der Waals surface area contributed by atoms with Crippen LogP contribution in [0.1, 0.15) is 10.4 Å². The number of hydrogen-bond donors (Lipinski definition) is 1. The largest absolute Gasteiger partial charge is 0.336 e. The molecule has 2 heterocycles. The molecule has 0 spiro atoms. The molecule has 1 aliphatic heterocycles. The van der Waals surface area contributed by atoms with Crippen LogP contribution in [0, 0.1) is 11.6 Å². The van der Waals surface area contributed by atoms with Crippen LogP contribution >= 0.6 is 12.4 Å². The Labute approximate surface area is 161 Å². The highest BCUT2D eigenvalue weighted by Gasteiger charge is 2.25. The molecule has 0 unspecified atom stereocenters. The van der Waals surface area contributed by atoms with Crippen molar-refractivity contribution < 1.29 is 13.6 Å². The molecule has 0 atom stereocenters. The van der Waals surface area contributed by atoms with Crippen LogP contribution in [-0.4, -0.2) is 46.8 Å². The molecule has 0 radical (unpaired) electrons. The van der Waals surface area contributed by atoms with E-state index in [1.165, 1.54) is 17.0 Å². The molecule has 8 heteroatoms. The van der Waals surface area contributed by atoms with Gasteiger partial charge in [0, 0.05) is 38.6 Å². The smallest absolute Gasteiger partial charge is 0.259 e. The number of rotatable bonds is 2. The molecule has 1 saturated heterocycles. The van der Waals surface area contributed by atoms with Crippen molar-refractivity contribution in [2.24, 2.45) is 7.05 Å². The van der Waals surface area contributed by atoms with Crippen molar-refractivity contribution in [2.75, 3.05) is 26.2 Å². The van der Waals surface area contributed by atoms with Crippen molar-refractivity contribution in [3.05, 3.63) is 53.7 Å². The minimum atomic E-state index is -0.839. The fourth-order valence-electron chi connectivity index (χ4n) is 3.29. The molecule has 1 aliphatic rings. The number of piperazine rings is 1. The minimum Gasteiger partial charge on any atom is -0.336 e. The molecule has 0 aliphatic carbocycles. The van der Waals surface area contributed by atoms with Gasteiger partial charge in [-0.3, -0.25) is 9.48 Å². The maximum absolute atomic E-state index is 14.6. The first-order valence-electron chi connectivity index (χ1n) is 8.46. The van der Waals surface area contributed by atoms with Crippen molar-refractivity contribution >= 4 is 29.2 Å². The molecule has 1 N–H and O–H groups in total. The number of nitrogens with one attached hydrogen (secondary N) is 1. The van der Waals surface area contributed by atoms with Gasteiger partial charge in [0.1, 0.15) is 17.2 Å². The second kappa shape index (κ2) is 7.62. The molecule has 27 heavy (non-hydrogen) atoms. The number of nitrogens with zero attached hydrogens (tertiary/aromatic N) is 3. The van der Waals surface area contributed by atoms with Crippen LogP contribution in [-0.2, 0) is 7.05 Å². The third kappa shape index (κ3) is 3.52. The predicted molar refractivity (Wildman–Crippen MR) is 102 cm³/mol. The Morgan fingerprint density at radius 2 is 1.74 bits per heavy atom. The Bertz CT molecular complexity index is 976. The molecule has 1 amide bonds. The number of aromatic nitrogens is 2. The SMILES string of the molecule is Cl.Cn1ncc2ccc(-c3cc(F)c(C(=O)N4CCNCC4)c(F)c3)cc21. The predicted octanol–water partition coefficient (Wildman–Crippen LogP) is 2.99. The van der Waals surface area contributed by atoms with Gasteiger partial charge in [-0.1, -0.05) is 12.1 Å². The minimum absolute atomic E-state index is 0. The van der Waals surface area contributed by atoms with Gasteiger partial charge < -0.3 is 10.2 Å². The second-order valence-corrected chi connectivity index (χ2v) is 6.40. The first-order valence-corrected chi connectivity index (χ1v) is 8.46. The summed E-state index contributed by atoms with van der Waals surface area (Å²) in [4.78, 5) is 14.0. The lowest BCUT2D eigenvalue weighted by Gasteiger charge is -2.27. The molecule has 0 saturated carbocycles. The Hall–Kier alpha value is -2.51. The number of fused-ring (bicyclic) bond motifs is 1. The number of benzene rings is 2. The van der Waals surface area contributed by atoms with Crippen molar-refractivity contribution in [2.45, 2.75) is 0 Å². The lowest BCUT2D eigenvalue weighted by molar-refractivity contribution is 0.0726. The number of carbonyl (C=O) groups is 1. The molecular formula is C19H19ClF2N4O. The maximum atomic E-state index is 14.6. The van der Waals surface area contributed by atoms with E-state index in [-0.39, 0.29) is 12.4 Å². The zero-order chi connectivity index (χ0) is 18.3. The molecule has 142 valence electrons. The van der Waals surface area contributed by atoms with Crippen LogP contribution in [0.2, 0.25) is 0 Å². The Morgan fingerprint density at radius 1 is 1.07 bits per heavy atom. The Balaban J connectivity index is 0.00000210. The van der Waals surface area contributed by atoms with E-state index in [1.54, 1.807) is 16.9 Å². The molecule has 1 fully saturated rings. The number of carbonyl (C=O) groups excluding carboxylic acids is 1. The van der Waals surface area contributed by atoms with E-state index in [4.69, 9.17) is 0 Å². The normalized spacial score (nSPS) is 14.3. The van der Waals surface area contributed by atoms with Gasteiger partial charge in [-0.2, -0.15) is 5.10 Å². The topological polar surface area (TPSA) is 50.2 Å². The Morgan fingerprint density at radius 3 is 2.41 bits per heavy atom. The molecule has 2 aromatic carbocycles. The zero-order valence-electron chi connectivity index (χ0n) is 14.7.